The van der Waals surface area contributed by atoms with Gasteiger partial charge in [0.2, 0.25) is 0 Å². The lowest BCUT2D eigenvalue weighted by molar-refractivity contribution is 0.617. The predicted molar refractivity (Wildman–Crippen MR) is 72.9 cm³/mol. The highest BCUT2D eigenvalue weighted by molar-refractivity contribution is 9.10. The van der Waals surface area contributed by atoms with Crippen LogP contribution in [0.4, 0.5) is 4.39 Å². The summed E-state index contributed by atoms with van der Waals surface area (Å²) in [4.78, 5) is 3.86. The van der Waals surface area contributed by atoms with E-state index in [1.807, 2.05) is 30.5 Å². The summed E-state index contributed by atoms with van der Waals surface area (Å²) < 4.78 is 16.2. The largest absolute Gasteiger partial charge is 0.343 e. The molecule has 0 spiro atoms. The fraction of sp³-hybridized carbons (Fsp3) is 0.0714. The Kier molecular flexibility index (Phi) is 2.88. The molecular weight excluding hydrogens is 295 g/mol. The van der Waals surface area contributed by atoms with Crippen molar-refractivity contribution < 1.29 is 4.39 Å². The second kappa shape index (κ2) is 4.53. The van der Waals surface area contributed by atoms with Gasteiger partial charge in [-0.15, -0.1) is 0 Å². The van der Waals surface area contributed by atoms with Crippen molar-refractivity contribution in [3.8, 4) is 0 Å². The number of hydrogen-bond donors (Lipinski definition) is 0. The highest BCUT2D eigenvalue weighted by Crippen LogP contribution is 2.25. The van der Waals surface area contributed by atoms with Crippen LogP contribution in [0, 0.1) is 5.82 Å². The lowest BCUT2D eigenvalue weighted by Crippen LogP contribution is -1.98. The molecule has 2 heterocycles. The van der Waals surface area contributed by atoms with Crippen molar-refractivity contribution in [3.63, 3.8) is 0 Å². The number of halogens is 2. The van der Waals surface area contributed by atoms with Gasteiger partial charge in [-0.2, -0.15) is 0 Å². The first-order valence-corrected chi connectivity index (χ1v) is 6.36. The van der Waals surface area contributed by atoms with Crippen molar-refractivity contribution in [1.29, 1.82) is 0 Å². The van der Waals surface area contributed by atoms with E-state index in [1.165, 1.54) is 12.3 Å². The summed E-state index contributed by atoms with van der Waals surface area (Å²) in [5.74, 6) is -0.301. The maximum Gasteiger partial charge on any atom is 0.141 e. The molecule has 4 heteroatoms. The first kappa shape index (κ1) is 11.4. The van der Waals surface area contributed by atoms with Crippen molar-refractivity contribution in [1.82, 2.24) is 9.55 Å². The van der Waals surface area contributed by atoms with Gasteiger partial charge in [-0.1, -0.05) is 22.0 Å². The summed E-state index contributed by atoms with van der Waals surface area (Å²) in [6.45, 7) is 0.616. The maximum absolute atomic E-state index is 13.1. The van der Waals surface area contributed by atoms with Gasteiger partial charge < -0.3 is 4.57 Å². The number of pyridine rings is 1. The lowest BCUT2D eigenvalue weighted by atomic mass is 10.2. The van der Waals surface area contributed by atoms with Gasteiger partial charge in [0.1, 0.15) is 5.82 Å². The van der Waals surface area contributed by atoms with E-state index in [1.54, 1.807) is 6.20 Å². The van der Waals surface area contributed by atoms with Gasteiger partial charge in [0.05, 0.1) is 6.20 Å². The van der Waals surface area contributed by atoms with Crippen LogP contribution in [-0.2, 0) is 6.54 Å². The van der Waals surface area contributed by atoms with E-state index in [4.69, 9.17) is 0 Å². The maximum atomic E-state index is 13.1. The van der Waals surface area contributed by atoms with Crippen LogP contribution < -0.4 is 0 Å². The topological polar surface area (TPSA) is 17.8 Å². The second-order valence-corrected chi connectivity index (χ2v) is 4.98. The van der Waals surface area contributed by atoms with Gasteiger partial charge >= 0.3 is 0 Å². The third-order valence-corrected chi connectivity index (χ3v) is 3.57. The van der Waals surface area contributed by atoms with Crippen molar-refractivity contribution in [2.24, 2.45) is 0 Å². The Morgan fingerprint density at radius 1 is 1.22 bits per heavy atom. The summed E-state index contributed by atoms with van der Waals surface area (Å²) in [5, 5.41) is 1.15. The van der Waals surface area contributed by atoms with Crippen molar-refractivity contribution in [2.45, 2.75) is 6.54 Å². The van der Waals surface area contributed by atoms with E-state index in [-0.39, 0.29) is 5.82 Å². The fourth-order valence-electron chi connectivity index (χ4n) is 2.06. The summed E-state index contributed by atoms with van der Waals surface area (Å²) in [7, 11) is 0. The normalized spacial score (nSPS) is 11.0. The molecule has 90 valence electrons. The molecule has 2 aromatic heterocycles. The monoisotopic (exact) mass is 304 g/mol. The molecule has 0 fully saturated rings. The highest BCUT2D eigenvalue weighted by Gasteiger charge is 2.04. The van der Waals surface area contributed by atoms with Crippen molar-refractivity contribution in [3.05, 3.63) is 64.8 Å². The summed E-state index contributed by atoms with van der Waals surface area (Å²) in [6, 6.07) is 9.61. The first-order chi connectivity index (χ1) is 8.74. The van der Waals surface area contributed by atoms with Gasteiger partial charge in [-0.05, 0) is 29.8 Å². The number of benzene rings is 1. The molecule has 0 aliphatic rings. The Hall–Kier alpha value is -1.68. The van der Waals surface area contributed by atoms with E-state index in [0.717, 1.165) is 20.9 Å². The van der Waals surface area contributed by atoms with Gasteiger partial charge in [0, 0.05) is 34.3 Å². The summed E-state index contributed by atoms with van der Waals surface area (Å²) >= 11 is 3.52. The van der Waals surface area contributed by atoms with E-state index in [2.05, 4.69) is 25.5 Å². The standard InChI is InChI=1S/C14H10BrFN2/c15-13-2-1-3-14-12(13)4-5-18(14)9-10-6-11(16)8-17-7-10/h1-8H,9H2. The van der Waals surface area contributed by atoms with Crippen LogP contribution in [0.3, 0.4) is 0 Å². The second-order valence-electron chi connectivity index (χ2n) is 4.13. The lowest BCUT2D eigenvalue weighted by Gasteiger charge is -2.05. The third-order valence-electron chi connectivity index (χ3n) is 2.87. The molecule has 0 amide bonds. The van der Waals surface area contributed by atoms with Crippen LogP contribution in [-0.4, -0.2) is 9.55 Å². The molecule has 0 unspecified atom stereocenters. The van der Waals surface area contributed by atoms with E-state index < -0.39 is 0 Å². The zero-order chi connectivity index (χ0) is 12.5. The Morgan fingerprint density at radius 3 is 2.94 bits per heavy atom. The molecule has 0 radical (unpaired) electrons. The molecule has 0 N–H and O–H groups in total. The molecule has 1 aromatic carbocycles. The first-order valence-electron chi connectivity index (χ1n) is 5.57. The molecular formula is C14H10BrFN2. The molecule has 0 saturated heterocycles. The predicted octanol–water partition coefficient (Wildman–Crippen LogP) is 3.99. The van der Waals surface area contributed by atoms with E-state index in [0.29, 0.717) is 6.54 Å². The molecule has 3 rings (SSSR count). The quantitative estimate of drug-likeness (QED) is 0.700. The number of hydrogen-bond acceptors (Lipinski definition) is 1. The van der Waals surface area contributed by atoms with E-state index in [9.17, 15) is 4.39 Å². The van der Waals surface area contributed by atoms with Gasteiger partial charge in [-0.25, -0.2) is 4.39 Å². The zero-order valence-corrected chi connectivity index (χ0v) is 11.1. The Balaban J connectivity index is 2.03. The number of rotatable bonds is 2. The summed E-state index contributed by atoms with van der Waals surface area (Å²) in [5.41, 5.74) is 1.97. The average Bonchev–Trinajstić information content (AvgIpc) is 2.74. The van der Waals surface area contributed by atoms with Crippen LogP contribution in [0.2, 0.25) is 0 Å². The number of fused-ring (bicyclic) bond motifs is 1. The molecule has 0 aliphatic carbocycles. The SMILES string of the molecule is Fc1cncc(Cn2ccc3c(Br)cccc32)c1. The molecule has 2 nitrogen and oxygen atoms in total. The van der Waals surface area contributed by atoms with Crippen LogP contribution >= 0.6 is 15.9 Å². The van der Waals surface area contributed by atoms with Crippen molar-refractivity contribution in [2.75, 3.05) is 0 Å². The van der Waals surface area contributed by atoms with Crippen LogP contribution in [0.15, 0.2) is 53.4 Å². The number of aromatic nitrogens is 2. The fourth-order valence-corrected chi connectivity index (χ4v) is 2.55. The molecule has 0 bridgehead atoms. The minimum Gasteiger partial charge on any atom is -0.343 e. The molecule has 0 aliphatic heterocycles. The van der Waals surface area contributed by atoms with Crippen molar-refractivity contribution >= 4 is 26.8 Å². The summed E-state index contributed by atoms with van der Waals surface area (Å²) in [6.07, 6.45) is 4.90. The highest BCUT2D eigenvalue weighted by atomic mass is 79.9. The van der Waals surface area contributed by atoms with Gasteiger partial charge in [-0.3, -0.25) is 4.98 Å². The van der Waals surface area contributed by atoms with Crippen LogP contribution in [0.5, 0.6) is 0 Å². The Labute approximate surface area is 112 Å². The Bertz CT molecular complexity index is 706. The Morgan fingerprint density at radius 2 is 2.11 bits per heavy atom. The minimum atomic E-state index is -0.301. The third kappa shape index (κ3) is 2.04. The molecule has 0 saturated carbocycles. The molecule has 3 aromatic rings. The van der Waals surface area contributed by atoms with Gasteiger partial charge in [0.25, 0.3) is 0 Å². The molecule has 18 heavy (non-hydrogen) atoms. The van der Waals surface area contributed by atoms with E-state index >= 15 is 0 Å². The van der Waals surface area contributed by atoms with Gasteiger partial charge in [0.15, 0.2) is 0 Å². The number of nitrogens with zero attached hydrogens (tertiary/aromatic N) is 2. The molecule has 0 atom stereocenters. The smallest absolute Gasteiger partial charge is 0.141 e. The average molecular weight is 305 g/mol. The zero-order valence-electron chi connectivity index (χ0n) is 9.48. The van der Waals surface area contributed by atoms with Crippen LogP contribution in [0.1, 0.15) is 5.56 Å². The van der Waals surface area contributed by atoms with Crippen LogP contribution in [0.25, 0.3) is 10.9 Å². The minimum absolute atomic E-state index is 0.301.